The second-order valence-corrected chi connectivity index (χ2v) is 26.3. The van der Waals surface area contributed by atoms with Gasteiger partial charge < -0.3 is 40.1 Å². The molecule has 0 bridgehead atoms. The molecule has 3 aromatic carbocycles. The maximum absolute atomic E-state index is 16.0. The van der Waals surface area contributed by atoms with Gasteiger partial charge in [0.15, 0.2) is 5.82 Å². The standard InChI is InChI=1S/C66H79FN12O7/c1-37(2)69-60(81)47-32-52(49(67)28-39(47)5)72-59-58-53(68-36-77(58)38(3)4)33-51(71-59)41-14-17-48-55(29-41)78(45-30-44(31-45)75-23-7-6-8-24-75)65(86)66(48)21-26-76(27-22-66)62(83)42-20-25-74(35-42)34-40-12-15-43(16-13-40)70-50-11-9-10-46-57(50)64(85)79(63(46)84)54-18-19-56(80)73-61(54)82/h9-11,14,17,28-29,32-33,36-38,40,42-45,54,70H,6-8,12-13,15-16,18-27,30-31,34-35H2,1-5H3,(H,69,81)(H,71,72)(H,73,80,82)/t40?,42-,43?,44-,45+,54?/m0/s1. The van der Waals surface area contributed by atoms with Crippen molar-refractivity contribution < 1.29 is 38.0 Å². The van der Waals surface area contributed by atoms with E-state index in [0.717, 1.165) is 92.8 Å². The normalized spacial score (nSPS) is 25.1. The van der Waals surface area contributed by atoms with Crippen molar-refractivity contribution in [2.75, 3.05) is 61.3 Å². The fourth-order valence-corrected chi connectivity index (χ4v) is 15.4. The van der Waals surface area contributed by atoms with Crippen LogP contribution in [0.2, 0.25) is 0 Å². The molecule has 6 aliphatic heterocycles. The minimum atomic E-state index is -1.02. The van der Waals surface area contributed by atoms with Crippen molar-refractivity contribution in [3.05, 3.63) is 94.6 Å². The zero-order valence-corrected chi connectivity index (χ0v) is 50.1. The number of rotatable bonds is 14. The van der Waals surface area contributed by atoms with Crippen molar-refractivity contribution in [3.63, 3.8) is 0 Å². The van der Waals surface area contributed by atoms with Crippen molar-refractivity contribution in [1.82, 2.24) is 44.8 Å². The number of anilines is 4. The lowest BCUT2D eigenvalue weighted by molar-refractivity contribution is -0.139. The molecular weight excluding hydrogens is 1090 g/mol. The summed E-state index contributed by atoms with van der Waals surface area (Å²) in [5, 5.41) is 12.1. The molecule has 5 aromatic rings. The van der Waals surface area contributed by atoms with Gasteiger partial charge in [-0.2, -0.15) is 0 Å². The van der Waals surface area contributed by atoms with Crippen molar-refractivity contribution in [2.24, 2.45) is 11.8 Å². The van der Waals surface area contributed by atoms with Gasteiger partial charge in [0.25, 0.3) is 17.7 Å². The highest BCUT2D eigenvalue weighted by molar-refractivity contribution is 6.25. The van der Waals surface area contributed by atoms with Crippen molar-refractivity contribution in [2.45, 2.75) is 166 Å². The van der Waals surface area contributed by atoms with Gasteiger partial charge in [-0.15, -0.1) is 0 Å². The molecule has 19 nitrogen and oxygen atoms in total. The molecule has 13 rings (SSSR count). The van der Waals surface area contributed by atoms with Crippen LogP contribution in [0.1, 0.15) is 166 Å². The van der Waals surface area contributed by atoms with E-state index in [1.54, 1.807) is 31.5 Å². The Hall–Kier alpha value is -7.58. The van der Waals surface area contributed by atoms with Gasteiger partial charge in [0, 0.05) is 85.3 Å². The minimum Gasteiger partial charge on any atom is -0.382 e. The summed E-state index contributed by atoms with van der Waals surface area (Å²) in [7, 11) is 0. The van der Waals surface area contributed by atoms with E-state index in [4.69, 9.17) is 9.97 Å². The summed E-state index contributed by atoms with van der Waals surface area (Å²) in [5.41, 5.74) is 6.02. The third-order valence-corrected chi connectivity index (χ3v) is 20.1. The average Bonchev–Trinajstić information content (AvgIpc) is 1.60. The predicted octanol–water partition coefficient (Wildman–Crippen LogP) is 8.63. The molecule has 7 amide bonds. The van der Waals surface area contributed by atoms with Crippen LogP contribution >= 0.6 is 0 Å². The highest BCUT2D eigenvalue weighted by Crippen LogP contribution is 2.53. The summed E-state index contributed by atoms with van der Waals surface area (Å²) in [5.74, 6) is -1.85. The first-order valence-corrected chi connectivity index (χ1v) is 31.5. The van der Waals surface area contributed by atoms with Gasteiger partial charge >= 0.3 is 0 Å². The molecule has 1 unspecified atom stereocenters. The molecular formula is C66H79FN12O7. The molecule has 2 aliphatic carbocycles. The van der Waals surface area contributed by atoms with E-state index in [1.807, 2.05) is 41.5 Å². The number of aromatic nitrogens is 3. The minimum absolute atomic E-state index is 0.0124. The molecule has 6 fully saturated rings. The van der Waals surface area contributed by atoms with Crippen molar-refractivity contribution in [3.8, 4) is 11.3 Å². The molecule has 20 heteroatoms. The van der Waals surface area contributed by atoms with Crippen molar-refractivity contribution in [1.29, 1.82) is 0 Å². The third kappa shape index (κ3) is 10.4. The number of carbonyl (C=O) groups is 7. The second-order valence-electron chi connectivity index (χ2n) is 26.3. The lowest BCUT2D eigenvalue weighted by atomic mass is 9.73. The number of hydrogen-bond donors (Lipinski definition) is 4. The van der Waals surface area contributed by atoms with E-state index < -0.39 is 40.9 Å². The molecule has 4 N–H and O–H groups in total. The summed E-state index contributed by atoms with van der Waals surface area (Å²) in [6, 6.07) is 15.8. The van der Waals surface area contributed by atoms with E-state index in [9.17, 15) is 28.8 Å². The van der Waals surface area contributed by atoms with Gasteiger partial charge in [0.2, 0.25) is 23.6 Å². The molecule has 452 valence electrons. The topological polar surface area (TPSA) is 215 Å². The lowest BCUT2D eigenvalue weighted by Gasteiger charge is -2.48. The molecule has 4 saturated heterocycles. The summed E-state index contributed by atoms with van der Waals surface area (Å²) < 4.78 is 18.0. The summed E-state index contributed by atoms with van der Waals surface area (Å²) in [6.07, 6.45) is 13.0. The fraction of sp³-hybridized carbons (Fsp3) is 0.530. The summed E-state index contributed by atoms with van der Waals surface area (Å²) in [6.45, 7) is 15.2. The number of amides is 7. The first-order chi connectivity index (χ1) is 41.4. The maximum Gasteiger partial charge on any atom is 0.264 e. The lowest BCUT2D eigenvalue weighted by Crippen LogP contribution is -2.58. The number of hydrogen-bond acceptors (Lipinski definition) is 13. The number of piperidine rings is 3. The Labute approximate surface area is 501 Å². The predicted molar refractivity (Wildman–Crippen MR) is 325 cm³/mol. The Bertz CT molecular complexity index is 3570. The van der Waals surface area contributed by atoms with Crippen LogP contribution in [0.3, 0.4) is 0 Å². The molecule has 86 heavy (non-hydrogen) atoms. The number of likely N-dealkylation sites (tertiary alicyclic amines) is 3. The number of nitrogens with one attached hydrogen (secondary N) is 4. The number of halogens is 1. The van der Waals surface area contributed by atoms with Crippen LogP contribution in [0, 0.1) is 24.6 Å². The fourth-order valence-electron chi connectivity index (χ4n) is 15.4. The van der Waals surface area contributed by atoms with E-state index in [1.165, 1.54) is 25.3 Å². The maximum atomic E-state index is 16.0. The van der Waals surface area contributed by atoms with E-state index in [-0.39, 0.29) is 77.5 Å². The zero-order chi connectivity index (χ0) is 59.9. The van der Waals surface area contributed by atoms with Gasteiger partial charge in [-0.05, 0) is 185 Å². The Balaban J connectivity index is 0.684. The average molecular weight is 1170 g/mol. The van der Waals surface area contributed by atoms with Crippen LogP contribution in [0.4, 0.5) is 27.3 Å². The van der Waals surface area contributed by atoms with Gasteiger partial charge in [-0.25, -0.2) is 14.4 Å². The van der Waals surface area contributed by atoms with Crippen LogP contribution < -0.4 is 26.2 Å². The zero-order valence-electron chi connectivity index (χ0n) is 50.1. The van der Waals surface area contributed by atoms with Crippen LogP contribution in [0.15, 0.2) is 60.9 Å². The first kappa shape index (κ1) is 57.5. The van der Waals surface area contributed by atoms with Crippen LogP contribution in [-0.2, 0) is 24.6 Å². The highest BCUT2D eigenvalue weighted by atomic mass is 19.1. The molecule has 8 heterocycles. The third-order valence-electron chi connectivity index (χ3n) is 20.1. The highest BCUT2D eigenvalue weighted by Gasteiger charge is 2.56. The van der Waals surface area contributed by atoms with Crippen LogP contribution in [-0.4, -0.2) is 152 Å². The van der Waals surface area contributed by atoms with E-state index >= 15 is 9.18 Å². The van der Waals surface area contributed by atoms with Crippen molar-refractivity contribution >= 4 is 75.3 Å². The molecule has 2 aromatic heterocycles. The number of carbonyl (C=O) groups excluding carboxylic acids is 7. The number of fused-ring (bicyclic) bond motifs is 4. The SMILES string of the molecule is Cc1cc(F)c(Nc2nc(-c3ccc4c(c3)N([C@H]3C[C@@H](N5CCCCC5)C3)C(=O)C43CCN(C(=O)[C@H]4CCN(CC5CCC(Nc6cccc7c6C(=O)N(C6CCC(=O)NC6=O)C7=O)CC5)C4)CC3)cc3ncn(C(C)C)c23)cc1C(=O)NC(C)C. The Morgan fingerprint density at radius 3 is 2.31 bits per heavy atom. The van der Waals surface area contributed by atoms with Crippen LogP contribution in [0.5, 0.6) is 0 Å². The van der Waals surface area contributed by atoms with Gasteiger partial charge in [0.1, 0.15) is 17.4 Å². The largest absolute Gasteiger partial charge is 0.382 e. The Morgan fingerprint density at radius 2 is 1.58 bits per heavy atom. The molecule has 8 aliphatic rings. The Kier molecular flexibility index (Phi) is 15.3. The van der Waals surface area contributed by atoms with Gasteiger partial charge in [-0.3, -0.25) is 43.8 Å². The molecule has 0 radical (unpaired) electrons. The van der Waals surface area contributed by atoms with E-state index in [2.05, 4.69) is 61.9 Å². The van der Waals surface area contributed by atoms with Gasteiger partial charge in [-0.1, -0.05) is 24.6 Å². The summed E-state index contributed by atoms with van der Waals surface area (Å²) in [4.78, 5) is 115. The molecule has 1 spiro atoms. The van der Waals surface area contributed by atoms with Gasteiger partial charge in [0.05, 0.1) is 45.7 Å². The number of imide groups is 2. The number of aryl methyl sites for hydroxylation is 1. The monoisotopic (exact) mass is 1170 g/mol. The quantitative estimate of drug-likeness (QED) is 0.0768. The number of benzene rings is 3. The number of imidazole rings is 1. The molecule has 2 atom stereocenters. The number of nitrogens with zero attached hydrogens (tertiary/aromatic N) is 8. The smallest absolute Gasteiger partial charge is 0.264 e. The van der Waals surface area contributed by atoms with Crippen LogP contribution in [0.25, 0.3) is 22.3 Å². The van der Waals surface area contributed by atoms with E-state index in [0.29, 0.717) is 83.8 Å². The first-order valence-electron chi connectivity index (χ1n) is 31.5. The Morgan fingerprint density at radius 1 is 0.814 bits per heavy atom. The number of pyridine rings is 1. The summed E-state index contributed by atoms with van der Waals surface area (Å²) >= 11 is 0. The second kappa shape index (κ2) is 22.9. The molecule has 2 saturated carbocycles.